The molecule has 0 radical (unpaired) electrons. The molecule has 1 saturated heterocycles. The van der Waals surface area contributed by atoms with Crippen LogP contribution in [0.15, 0.2) is 18.2 Å². The maximum atomic E-state index is 10.9. The molecule has 1 aliphatic rings. The first-order valence-electron chi connectivity index (χ1n) is 6.45. The van der Waals surface area contributed by atoms with E-state index in [0.717, 1.165) is 16.2 Å². The second kappa shape index (κ2) is 4.63. The quantitative estimate of drug-likeness (QED) is 0.567. The second-order valence-electron chi connectivity index (χ2n) is 6.19. The molecule has 1 fully saturated rings. The van der Waals surface area contributed by atoms with Gasteiger partial charge in [0, 0.05) is 6.07 Å². The number of nitro groups is 1. The summed E-state index contributed by atoms with van der Waals surface area (Å²) in [6.45, 7) is 7.02. The van der Waals surface area contributed by atoms with Gasteiger partial charge in [0.15, 0.2) is 5.75 Å². The van der Waals surface area contributed by atoms with E-state index in [1.165, 1.54) is 12.1 Å². The lowest BCUT2D eigenvalue weighted by Gasteiger charge is -2.37. The van der Waals surface area contributed by atoms with Crippen LogP contribution in [0.4, 0.5) is 5.69 Å². The van der Waals surface area contributed by atoms with E-state index in [1.54, 1.807) is 27.7 Å². The number of aromatic hydroxyl groups is 1. The largest absolute Gasteiger partial charge is 0.502 e. The number of nitrogens with zero attached hydrogens (tertiary/aromatic N) is 3. The van der Waals surface area contributed by atoms with Gasteiger partial charge in [-0.15, -0.1) is 0 Å². The third-order valence-corrected chi connectivity index (χ3v) is 4.60. The number of hydrogen-bond acceptors (Lipinski definition) is 7. The highest BCUT2D eigenvalue weighted by Crippen LogP contribution is 2.48. The summed E-state index contributed by atoms with van der Waals surface area (Å²) >= 11 is 0. The lowest BCUT2D eigenvalue weighted by atomic mass is 9.84. The Morgan fingerprint density at radius 1 is 1.14 bits per heavy atom. The van der Waals surface area contributed by atoms with Crippen molar-refractivity contribution in [2.24, 2.45) is 0 Å². The van der Waals surface area contributed by atoms with Gasteiger partial charge >= 0.3 is 5.69 Å². The summed E-state index contributed by atoms with van der Waals surface area (Å²) in [6, 6.07) is 3.74. The van der Waals surface area contributed by atoms with E-state index < -0.39 is 33.6 Å². The molecule has 0 saturated carbocycles. The van der Waals surface area contributed by atoms with Crippen LogP contribution in [-0.2, 0) is 0 Å². The number of rotatable bonds is 2. The van der Waals surface area contributed by atoms with Crippen LogP contribution in [0.5, 0.6) is 5.75 Å². The van der Waals surface area contributed by atoms with Crippen LogP contribution in [0.2, 0.25) is 0 Å². The van der Waals surface area contributed by atoms with Crippen molar-refractivity contribution in [3.63, 3.8) is 0 Å². The van der Waals surface area contributed by atoms with Gasteiger partial charge in [0.2, 0.25) is 0 Å². The Hall–Kier alpha value is -1.74. The molecule has 3 N–H and O–H groups in total. The second-order valence-corrected chi connectivity index (χ2v) is 6.19. The van der Waals surface area contributed by atoms with E-state index >= 15 is 0 Å². The zero-order valence-electron chi connectivity index (χ0n) is 12.3. The van der Waals surface area contributed by atoms with E-state index in [-0.39, 0.29) is 0 Å². The van der Waals surface area contributed by atoms with Crippen molar-refractivity contribution in [2.45, 2.75) is 44.9 Å². The first-order valence-corrected chi connectivity index (χ1v) is 6.45. The molecule has 0 bridgehead atoms. The summed E-state index contributed by atoms with van der Waals surface area (Å²) in [5, 5.41) is 43.1. The summed E-state index contributed by atoms with van der Waals surface area (Å²) in [6.07, 6.45) is -0.964. The van der Waals surface area contributed by atoms with E-state index in [9.17, 15) is 25.6 Å². The standard InChI is InChI=1S/C13H19N3O5/c1-12(2)13(3,4)15(19)11(14(12)18)8-5-6-10(17)9(7-8)16(20)21/h5-7,11,17-19H,1-4H3. The fraction of sp³-hybridized carbons (Fsp3) is 0.538. The maximum absolute atomic E-state index is 10.9. The minimum Gasteiger partial charge on any atom is -0.502 e. The maximum Gasteiger partial charge on any atom is 0.311 e. The summed E-state index contributed by atoms with van der Waals surface area (Å²) in [5.41, 5.74) is -1.75. The monoisotopic (exact) mass is 297 g/mol. The highest BCUT2D eigenvalue weighted by molar-refractivity contribution is 5.48. The topological polar surface area (TPSA) is 110 Å². The van der Waals surface area contributed by atoms with E-state index in [2.05, 4.69) is 0 Å². The molecule has 21 heavy (non-hydrogen) atoms. The van der Waals surface area contributed by atoms with Crippen molar-refractivity contribution in [1.29, 1.82) is 0 Å². The molecule has 1 heterocycles. The molecule has 0 spiro atoms. The van der Waals surface area contributed by atoms with Gasteiger partial charge in [-0.25, -0.2) is 0 Å². The molecule has 8 heteroatoms. The van der Waals surface area contributed by atoms with Crippen LogP contribution >= 0.6 is 0 Å². The third-order valence-electron chi connectivity index (χ3n) is 4.60. The smallest absolute Gasteiger partial charge is 0.311 e. The van der Waals surface area contributed by atoms with Gasteiger partial charge in [-0.05, 0) is 39.3 Å². The van der Waals surface area contributed by atoms with E-state index in [1.807, 2.05) is 0 Å². The van der Waals surface area contributed by atoms with Gasteiger partial charge in [-0.1, -0.05) is 6.07 Å². The van der Waals surface area contributed by atoms with Crippen molar-refractivity contribution >= 4 is 5.69 Å². The molecule has 1 aliphatic heterocycles. The SMILES string of the molecule is CC1(C)N(O)C(c2ccc(O)c([N+](=O)[O-])c2)N(O)C1(C)C. The molecule has 0 aliphatic carbocycles. The third kappa shape index (κ3) is 2.07. The number of phenols is 1. The lowest BCUT2D eigenvalue weighted by Crippen LogP contribution is -2.52. The van der Waals surface area contributed by atoms with Gasteiger partial charge < -0.3 is 15.5 Å². The number of hydrogen-bond donors (Lipinski definition) is 3. The summed E-state index contributed by atoms with van der Waals surface area (Å²) in [7, 11) is 0. The first kappa shape index (κ1) is 15.6. The molecule has 1 aromatic rings. The predicted molar refractivity (Wildman–Crippen MR) is 72.9 cm³/mol. The predicted octanol–water partition coefficient (Wildman–Crippen LogP) is 2.25. The Bertz CT molecular complexity index is 567. The molecule has 0 unspecified atom stereocenters. The van der Waals surface area contributed by atoms with Crippen LogP contribution in [-0.4, -0.2) is 41.6 Å². The Morgan fingerprint density at radius 3 is 2.05 bits per heavy atom. The molecular formula is C13H19N3O5. The fourth-order valence-corrected chi connectivity index (χ4v) is 2.41. The van der Waals surface area contributed by atoms with Crippen molar-refractivity contribution < 1.29 is 20.4 Å². The lowest BCUT2D eigenvalue weighted by molar-refractivity contribution is -0.386. The first-order chi connectivity index (χ1) is 9.51. The fourth-order valence-electron chi connectivity index (χ4n) is 2.41. The van der Waals surface area contributed by atoms with Crippen LogP contribution in [0.3, 0.4) is 0 Å². The summed E-state index contributed by atoms with van der Waals surface area (Å²) in [5.74, 6) is -0.464. The molecule has 0 aromatic heterocycles. The zero-order chi connectivity index (χ0) is 16.2. The Kier molecular flexibility index (Phi) is 3.45. The van der Waals surface area contributed by atoms with Crippen molar-refractivity contribution in [3.8, 4) is 5.75 Å². The average molecular weight is 297 g/mol. The van der Waals surface area contributed by atoms with Crippen LogP contribution < -0.4 is 0 Å². The number of benzene rings is 1. The Labute approximate surface area is 121 Å². The molecular weight excluding hydrogens is 278 g/mol. The molecule has 8 nitrogen and oxygen atoms in total. The molecule has 1 aromatic carbocycles. The Morgan fingerprint density at radius 2 is 1.62 bits per heavy atom. The van der Waals surface area contributed by atoms with Gasteiger partial charge in [0.05, 0.1) is 16.0 Å². The molecule has 2 rings (SSSR count). The van der Waals surface area contributed by atoms with Gasteiger partial charge in [-0.2, -0.15) is 10.1 Å². The van der Waals surface area contributed by atoms with Crippen molar-refractivity contribution in [2.75, 3.05) is 0 Å². The average Bonchev–Trinajstić information content (AvgIpc) is 2.49. The minimum absolute atomic E-state index is 0.308. The zero-order valence-corrected chi connectivity index (χ0v) is 12.3. The van der Waals surface area contributed by atoms with Crippen LogP contribution in [0.25, 0.3) is 0 Å². The minimum atomic E-state index is -0.964. The van der Waals surface area contributed by atoms with Gasteiger partial charge in [0.1, 0.15) is 6.17 Å². The van der Waals surface area contributed by atoms with E-state index in [4.69, 9.17) is 0 Å². The van der Waals surface area contributed by atoms with Crippen molar-refractivity contribution in [1.82, 2.24) is 10.1 Å². The molecule has 0 atom stereocenters. The molecule has 0 amide bonds. The Balaban J connectivity index is 2.53. The number of phenolic OH excluding ortho intramolecular Hbond substituents is 1. The van der Waals surface area contributed by atoms with Gasteiger partial charge in [-0.3, -0.25) is 10.1 Å². The van der Waals surface area contributed by atoms with E-state index in [0.29, 0.717) is 5.56 Å². The summed E-state index contributed by atoms with van der Waals surface area (Å²) < 4.78 is 0. The normalized spacial score (nSPS) is 22.6. The van der Waals surface area contributed by atoms with Crippen LogP contribution in [0, 0.1) is 10.1 Å². The van der Waals surface area contributed by atoms with Gasteiger partial charge in [0.25, 0.3) is 0 Å². The number of hydroxylamine groups is 4. The van der Waals surface area contributed by atoms with Crippen molar-refractivity contribution in [3.05, 3.63) is 33.9 Å². The summed E-state index contributed by atoms with van der Waals surface area (Å²) in [4.78, 5) is 10.2. The number of nitro benzene ring substituents is 1. The van der Waals surface area contributed by atoms with Crippen LogP contribution in [0.1, 0.15) is 39.4 Å². The highest BCUT2D eigenvalue weighted by Gasteiger charge is 2.58. The molecule has 116 valence electrons. The highest BCUT2D eigenvalue weighted by atomic mass is 16.6.